The fourth-order valence-corrected chi connectivity index (χ4v) is 3.42. The Balaban J connectivity index is 0.00000280. The number of rotatable bonds is 7. The highest BCUT2D eigenvalue weighted by atomic mass is 127. The van der Waals surface area contributed by atoms with Gasteiger partial charge in [-0.25, -0.2) is 4.39 Å². The number of nitrogens with one attached hydrogen (secondary N) is 1. The molecule has 6 heteroatoms. The molecular formula is C22H29FIN3O. The maximum absolute atomic E-state index is 13.7. The normalized spacial score (nSPS) is 16.7. The van der Waals surface area contributed by atoms with E-state index in [2.05, 4.69) is 27.3 Å². The van der Waals surface area contributed by atoms with Crippen molar-refractivity contribution in [3.63, 3.8) is 0 Å². The molecule has 1 heterocycles. The Kier molecular flexibility index (Phi) is 9.70. The summed E-state index contributed by atoms with van der Waals surface area (Å²) in [5.41, 5.74) is 1.94. The number of likely N-dealkylation sites (tertiary alicyclic amines) is 1. The lowest BCUT2D eigenvalue weighted by Crippen LogP contribution is -2.41. The van der Waals surface area contributed by atoms with Gasteiger partial charge in [-0.3, -0.25) is 4.99 Å². The molecule has 1 aliphatic rings. The molecule has 152 valence electrons. The molecule has 0 bridgehead atoms. The fourth-order valence-electron chi connectivity index (χ4n) is 3.42. The van der Waals surface area contributed by atoms with Crippen LogP contribution in [0.1, 0.15) is 17.5 Å². The molecule has 2 aromatic carbocycles. The minimum absolute atomic E-state index is 0. The van der Waals surface area contributed by atoms with E-state index in [0.717, 1.165) is 37.6 Å². The minimum atomic E-state index is -0.147. The third-order valence-electron chi connectivity index (χ3n) is 4.90. The van der Waals surface area contributed by atoms with E-state index in [1.165, 1.54) is 11.6 Å². The van der Waals surface area contributed by atoms with Crippen LogP contribution in [0.15, 0.2) is 59.6 Å². The molecule has 4 nitrogen and oxygen atoms in total. The first-order chi connectivity index (χ1) is 13.3. The molecule has 1 unspecified atom stereocenters. The SMILES string of the molecule is CN=C(NCCc1ccccc1F)N1CCC(COCc2ccccc2)C1.I. The Morgan fingerprint density at radius 1 is 1.18 bits per heavy atom. The quantitative estimate of drug-likeness (QED) is 0.356. The fraction of sp³-hybridized carbons (Fsp3) is 0.409. The Morgan fingerprint density at radius 2 is 1.93 bits per heavy atom. The lowest BCUT2D eigenvalue weighted by molar-refractivity contribution is 0.0907. The molecule has 1 fully saturated rings. The van der Waals surface area contributed by atoms with Gasteiger partial charge in [-0.05, 0) is 30.0 Å². The minimum Gasteiger partial charge on any atom is -0.376 e. The van der Waals surface area contributed by atoms with E-state index in [1.807, 2.05) is 30.3 Å². The molecule has 0 saturated carbocycles. The second-order valence-corrected chi connectivity index (χ2v) is 6.92. The van der Waals surface area contributed by atoms with Gasteiger partial charge >= 0.3 is 0 Å². The van der Waals surface area contributed by atoms with E-state index in [0.29, 0.717) is 25.5 Å². The van der Waals surface area contributed by atoms with Gasteiger partial charge in [0.2, 0.25) is 0 Å². The largest absolute Gasteiger partial charge is 0.376 e. The van der Waals surface area contributed by atoms with Crippen molar-refractivity contribution in [1.29, 1.82) is 0 Å². The first-order valence-electron chi connectivity index (χ1n) is 9.57. The predicted molar refractivity (Wildman–Crippen MR) is 123 cm³/mol. The summed E-state index contributed by atoms with van der Waals surface area (Å²) in [6.07, 6.45) is 1.74. The average Bonchev–Trinajstić information content (AvgIpc) is 3.16. The van der Waals surface area contributed by atoms with Crippen molar-refractivity contribution in [3.05, 3.63) is 71.5 Å². The zero-order chi connectivity index (χ0) is 18.9. The van der Waals surface area contributed by atoms with Crippen LogP contribution in [-0.4, -0.2) is 44.1 Å². The monoisotopic (exact) mass is 497 g/mol. The molecule has 2 aromatic rings. The van der Waals surface area contributed by atoms with Crippen LogP contribution in [0.5, 0.6) is 0 Å². The van der Waals surface area contributed by atoms with Crippen LogP contribution >= 0.6 is 24.0 Å². The number of aliphatic imine (C=N–C) groups is 1. The maximum atomic E-state index is 13.7. The maximum Gasteiger partial charge on any atom is 0.193 e. The molecule has 0 radical (unpaired) electrons. The van der Waals surface area contributed by atoms with Crippen molar-refractivity contribution in [2.75, 3.05) is 33.3 Å². The van der Waals surface area contributed by atoms with Crippen molar-refractivity contribution in [1.82, 2.24) is 10.2 Å². The second-order valence-electron chi connectivity index (χ2n) is 6.92. The van der Waals surface area contributed by atoms with Gasteiger partial charge in [0.25, 0.3) is 0 Å². The second kappa shape index (κ2) is 12.0. The zero-order valence-corrected chi connectivity index (χ0v) is 18.6. The van der Waals surface area contributed by atoms with Crippen molar-refractivity contribution >= 4 is 29.9 Å². The van der Waals surface area contributed by atoms with Gasteiger partial charge in [-0.1, -0.05) is 48.5 Å². The number of hydrogen-bond donors (Lipinski definition) is 1. The molecule has 1 aliphatic heterocycles. The van der Waals surface area contributed by atoms with Crippen LogP contribution in [0, 0.1) is 11.7 Å². The number of nitrogens with zero attached hydrogens (tertiary/aromatic N) is 2. The smallest absolute Gasteiger partial charge is 0.193 e. The highest BCUT2D eigenvalue weighted by Crippen LogP contribution is 2.17. The molecular weight excluding hydrogens is 468 g/mol. The van der Waals surface area contributed by atoms with Crippen LogP contribution in [0.25, 0.3) is 0 Å². The van der Waals surface area contributed by atoms with Crippen LogP contribution in [0.2, 0.25) is 0 Å². The highest BCUT2D eigenvalue weighted by molar-refractivity contribution is 14.0. The molecule has 1 atom stereocenters. The summed E-state index contributed by atoms with van der Waals surface area (Å²) in [7, 11) is 1.80. The van der Waals surface area contributed by atoms with Gasteiger partial charge in [0, 0.05) is 32.6 Å². The first kappa shape index (κ1) is 22.6. The van der Waals surface area contributed by atoms with E-state index in [-0.39, 0.29) is 29.8 Å². The summed E-state index contributed by atoms with van der Waals surface area (Å²) >= 11 is 0. The Morgan fingerprint density at radius 3 is 2.68 bits per heavy atom. The summed E-state index contributed by atoms with van der Waals surface area (Å²) < 4.78 is 19.6. The molecule has 0 aliphatic carbocycles. The molecule has 1 saturated heterocycles. The Bertz CT molecular complexity index is 742. The molecule has 0 amide bonds. The molecule has 1 N–H and O–H groups in total. The van der Waals surface area contributed by atoms with E-state index in [4.69, 9.17) is 4.74 Å². The summed E-state index contributed by atoms with van der Waals surface area (Å²) in [4.78, 5) is 6.64. The summed E-state index contributed by atoms with van der Waals surface area (Å²) in [5, 5.41) is 3.36. The van der Waals surface area contributed by atoms with E-state index in [1.54, 1.807) is 13.1 Å². The Hall–Kier alpha value is -1.67. The van der Waals surface area contributed by atoms with E-state index in [9.17, 15) is 4.39 Å². The van der Waals surface area contributed by atoms with Crippen molar-refractivity contribution in [2.24, 2.45) is 10.9 Å². The third-order valence-corrected chi connectivity index (χ3v) is 4.90. The van der Waals surface area contributed by atoms with E-state index < -0.39 is 0 Å². The third kappa shape index (κ3) is 6.74. The van der Waals surface area contributed by atoms with Crippen molar-refractivity contribution in [2.45, 2.75) is 19.4 Å². The zero-order valence-electron chi connectivity index (χ0n) is 16.3. The number of halogens is 2. The molecule has 3 rings (SSSR count). The highest BCUT2D eigenvalue weighted by Gasteiger charge is 2.24. The lowest BCUT2D eigenvalue weighted by Gasteiger charge is -2.22. The summed E-state index contributed by atoms with van der Waals surface area (Å²) in [6.45, 7) is 4.00. The van der Waals surface area contributed by atoms with Gasteiger partial charge in [0.1, 0.15) is 5.82 Å². The number of guanidine groups is 1. The lowest BCUT2D eigenvalue weighted by atomic mass is 10.1. The number of ether oxygens (including phenoxy) is 1. The van der Waals surface area contributed by atoms with Crippen LogP contribution in [0.3, 0.4) is 0 Å². The molecule has 0 aromatic heterocycles. The standard InChI is InChI=1S/C22H28FN3O.HI/c1-24-22(25-13-11-20-9-5-6-10-21(20)23)26-14-12-19(15-26)17-27-16-18-7-3-2-4-8-18;/h2-10,19H,11-17H2,1H3,(H,24,25);1H. The van der Waals surface area contributed by atoms with Crippen LogP contribution in [0.4, 0.5) is 4.39 Å². The van der Waals surface area contributed by atoms with Gasteiger partial charge < -0.3 is 15.0 Å². The molecule has 28 heavy (non-hydrogen) atoms. The number of benzene rings is 2. The topological polar surface area (TPSA) is 36.9 Å². The average molecular weight is 497 g/mol. The summed E-state index contributed by atoms with van der Waals surface area (Å²) in [5.74, 6) is 1.25. The first-order valence-corrected chi connectivity index (χ1v) is 9.57. The van der Waals surface area contributed by atoms with Crippen molar-refractivity contribution in [3.8, 4) is 0 Å². The summed E-state index contributed by atoms with van der Waals surface area (Å²) in [6, 6.07) is 17.2. The van der Waals surface area contributed by atoms with Crippen LogP contribution in [-0.2, 0) is 17.8 Å². The Labute approximate surface area is 184 Å². The van der Waals surface area contributed by atoms with Gasteiger partial charge in [0.05, 0.1) is 13.2 Å². The van der Waals surface area contributed by atoms with Crippen LogP contribution < -0.4 is 5.32 Å². The van der Waals surface area contributed by atoms with Gasteiger partial charge in [0.15, 0.2) is 5.96 Å². The van der Waals surface area contributed by atoms with Crippen molar-refractivity contribution < 1.29 is 9.13 Å². The van der Waals surface area contributed by atoms with E-state index >= 15 is 0 Å². The van der Waals surface area contributed by atoms with Gasteiger partial charge in [-0.2, -0.15) is 0 Å². The van der Waals surface area contributed by atoms with Gasteiger partial charge in [-0.15, -0.1) is 24.0 Å². The number of hydrogen-bond acceptors (Lipinski definition) is 2. The predicted octanol–water partition coefficient (Wildman–Crippen LogP) is 4.10. The molecule has 0 spiro atoms.